The number of alkyl halides is 5. The fraction of sp³-hybridized carbons (Fsp3) is 0.429. The molecule has 0 spiro atoms. The Morgan fingerprint density at radius 2 is 1.73 bits per heavy atom. The van der Waals surface area contributed by atoms with Crippen LogP contribution in [0.1, 0.15) is 53.7 Å². The van der Waals surface area contributed by atoms with Crippen LogP contribution in [0.5, 0.6) is 0 Å². The van der Waals surface area contributed by atoms with Gasteiger partial charge in [-0.25, -0.2) is 19.2 Å². The van der Waals surface area contributed by atoms with E-state index in [4.69, 9.17) is 0 Å². The van der Waals surface area contributed by atoms with E-state index in [1.807, 2.05) is 0 Å². The maximum Gasteiger partial charge on any atom is 0.416 e. The third-order valence-corrected chi connectivity index (χ3v) is 7.45. The zero-order valence-electron chi connectivity index (χ0n) is 21.7. The van der Waals surface area contributed by atoms with Crippen LogP contribution < -0.4 is 10.8 Å². The molecule has 1 aliphatic carbocycles. The lowest BCUT2D eigenvalue weighted by Crippen LogP contribution is -2.48. The molecule has 2 amide bonds. The number of para-hydroxylation sites is 2. The summed E-state index contributed by atoms with van der Waals surface area (Å²) in [6, 6.07) is 9.94. The third kappa shape index (κ3) is 7.73. The number of nitrogens with zero attached hydrogens (tertiary/aromatic N) is 2. The van der Waals surface area contributed by atoms with Gasteiger partial charge in [-0.15, -0.1) is 0 Å². The van der Waals surface area contributed by atoms with Crippen LogP contribution >= 0.6 is 0 Å². The molecule has 2 aromatic carbocycles. The molecule has 1 aromatic heterocycles. The molecule has 0 radical (unpaired) electrons. The van der Waals surface area contributed by atoms with Crippen LogP contribution in [-0.4, -0.2) is 50.2 Å². The maximum atomic E-state index is 13.7. The van der Waals surface area contributed by atoms with Gasteiger partial charge in [0.15, 0.2) is 0 Å². The SMILES string of the molecule is O=C(NC(Cc1cccc(C(F)(F)F)c1)C(O)CC(C(=O)NO)C1CCC(F)(F)CC1)c1cnc2ccccc2n1. The lowest BCUT2D eigenvalue weighted by atomic mass is 9.75. The van der Waals surface area contributed by atoms with Crippen molar-refractivity contribution in [2.24, 2.45) is 11.8 Å². The molecule has 1 aliphatic rings. The van der Waals surface area contributed by atoms with Gasteiger partial charge in [-0.2, -0.15) is 13.2 Å². The number of aromatic nitrogens is 2. The Morgan fingerprint density at radius 1 is 1.05 bits per heavy atom. The molecule has 1 fully saturated rings. The highest BCUT2D eigenvalue weighted by atomic mass is 19.4. The quantitative estimate of drug-likeness (QED) is 0.165. The van der Waals surface area contributed by atoms with Gasteiger partial charge in [0.1, 0.15) is 5.69 Å². The van der Waals surface area contributed by atoms with Crippen molar-refractivity contribution in [3.8, 4) is 0 Å². The Labute approximate surface area is 232 Å². The van der Waals surface area contributed by atoms with Gasteiger partial charge in [0.25, 0.3) is 5.91 Å². The molecule has 4 N–H and O–H groups in total. The van der Waals surface area contributed by atoms with Gasteiger partial charge in [0.2, 0.25) is 11.8 Å². The number of carbonyl (C=O) groups is 2. The van der Waals surface area contributed by atoms with Crippen molar-refractivity contribution < 1.29 is 41.9 Å². The van der Waals surface area contributed by atoms with E-state index in [2.05, 4.69) is 15.3 Å². The summed E-state index contributed by atoms with van der Waals surface area (Å²) in [5, 5.41) is 23.1. The molecule has 4 rings (SSSR count). The third-order valence-electron chi connectivity index (χ3n) is 7.45. The van der Waals surface area contributed by atoms with Crippen LogP contribution in [0, 0.1) is 11.8 Å². The first kappa shape index (κ1) is 30.3. The zero-order valence-corrected chi connectivity index (χ0v) is 21.7. The number of aliphatic hydroxyl groups excluding tert-OH is 1. The monoisotopic (exact) mass is 580 g/mol. The number of nitrogens with one attached hydrogen (secondary N) is 2. The number of fused-ring (bicyclic) bond motifs is 1. The topological polar surface area (TPSA) is 124 Å². The first-order valence-corrected chi connectivity index (χ1v) is 13.0. The lowest BCUT2D eigenvalue weighted by Gasteiger charge is -2.35. The predicted octanol–water partition coefficient (Wildman–Crippen LogP) is 4.69. The second-order valence-electron chi connectivity index (χ2n) is 10.3. The number of carbonyl (C=O) groups excluding carboxylic acids is 2. The molecule has 8 nitrogen and oxygen atoms in total. The normalized spacial score (nSPS) is 17.9. The fourth-order valence-corrected chi connectivity index (χ4v) is 5.21. The molecule has 1 saturated carbocycles. The highest BCUT2D eigenvalue weighted by molar-refractivity contribution is 5.94. The molecule has 1 heterocycles. The number of halogens is 5. The van der Waals surface area contributed by atoms with Gasteiger partial charge < -0.3 is 10.4 Å². The molecule has 3 unspecified atom stereocenters. The fourth-order valence-electron chi connectivity index (χ4n) is 5.21. The number of aliphatic hydroxyl groups is 1. The van der Waals surface area contributed by atoms with Crippen molar-refractivity contribution in [3.05, 3.63) is 71.5 Å². The molecule has 220 valence electrons. The number of amides is 2. The van der Waals surface area contributed by atoms with E-state index >= 15 is 0 Å². The van der Waals surface area contributed by atoms with Gasteiger partial charge in [-0.3, -0.25) is 19.8 Å². The number of hydrogen-bond acceptors (Lipinski definition) is 6. The summed E-state index contributed by atoms with van der Waals surface area (Å²) >= 11 is 0. The van der Waals surface area contributed by atoms with Crippen LogP contribution in [-0.2, 0) is 17.4 Å². The first-order valence-electron chi connectivity index (χ1n) is 13.0. The standard InChI is InChI=1S/C28H29F5N4O4/c29-27(30)10-8-17(9-11-27)19(25(39)37-41)14-24(38)22(13-16-4-3-5-18(12-16)28(31,32)33)36-26(40)23-15-34-20-6-1-2-7-21(20)35-23/h1-7,12,15,17,19,22,24,38,41H,8-11,13-14H2,(H,36,40)(H,37,39). The average Bonchev–Trinajstić information content (AvgIpc) is 2.94. The number of benzene rings is 2. The Bertz CT molecular complexity index is 1380. The van der Waals surface area contributed by atoms with Gasteiger partial charge in [-0.05, 0) is 55.4 Å². The summed E-state index contributed by atoms with van der Waals surface area (Å²) in [4.78, 5) is 34.1. The predicted molar refractivity (Wildman–Crippen MR) is 137 cm³/mol. The molecular formula is C28H29F5N4O4. The molecule has 13 heteroatoms. The van der Waals surface area contributed by atoms with Crippen molar-refractivity contribution >= 4 is 22.8 Å². The largest absolute Gasteiger partial charge is 0.416 e. The van der Waals surface area contributed by atoms with E-state index < -0.39 is 66.3 Å². The van der Waals surface area contributed by atoms with Crippen LogP contribution in [0.25, 0.3) is 11.0 Å². The molecule has 41 heavy (non-hydrogen) atoms. The van der Waals surface area contributed by atoms with E-state index in [9.17, 15) is 41.9 Å². The lowest BCUT2D eigenvalue weighted by molar-refractivity contribution is -0.139. The minimum absolute atomic E-state index is 0.0326. The van der Waals surface area contributed by atoms with Gasteiger partial charge in [0, 0.05) is 18.8 Å². The number of hydroxylamine groups is 1. The van der Waals surface area contributed by atoms with Crippen LogP contribution in [0.3, 0.4) is 0 Å². The zero-order chi connectivity index (χ0) is 29.8. The minimum atomic E-state index is -4.62. The second kappa shape index (κ2) is 12.4. The molecule has 3 aromatic rings. The highest BCUT2D eigenvalue weighted by Gasteiger charge is 2.41. The van der Waals surface area contributed by atoms with Crippen molar-refractivity contribution in [2.75, 3.05) is 0 Å². The summed E-state index contributed by atoms with van der Waals surface area (Å²) in [7, 11) is 0. The first-order chi connectivity index (χ1) is 19.4. The highest BCUT2D eigenvalue weighted by Crippen LogP contribution is 2.40. The Hall–Kier alpha value is -3.71. The smallest absolute Gasteiger partial charge is 0.391 e. The number of rotatable bonds is 9. The van der Waals surface area contributed by atoms with E-state index in [-0.39, 0.29) is 36.9 Å². The maximum absolute atomic E-state index is 13.7. The van der Waals surface area contributed by atoms with E-state index in [0.29, 0.717) is 11.0 Å². The molecule has 0 saturated heterocycles. The Kier molecular flexibility index (Phi) is 9.17. The summed E-state index contributed by atoms with van der Waals surface area (Å²) in [5.41, 5.74) is 1.58. The van der Waals surface area contributed by atoms with Gasteiger partial charge in [-0.1, -0.05) is 30.3 Å². The summed E-state index contributed by atoms with van der Waals surface area (Å²) in [6.07, 6.45) is -6.51. The van der Waals surface area contributed by atoms with Crippen LogP contribution in [0.4, 0.5) is 22.0 Å². The van der Waals surface area contributed by atoms with Crippen LogP contribution in [0.15, 0.2) is 54.7 Å². The second-order valence-corrected chi connectivity index (χ2v) is 10.3. The van der Waals surface area contributed by atoms with Crippen molar-refractivity contribution in [1.29, 1.82) is 0 Å². The van der Waals surface area contributed by atoms with Crippen molar-refractivity contribution in [3.63, 3.8) is 0 Å². The van der Waals surface area contributed by atoms with Crippen LogP contribution in [0.2, 0.25) is 0 Å². The molecule has 0 aliphatic heterocycles. The summed E-state index contributed by atoms with van der Waals surface area (Å²) in [5.74, 6) is -6.21. The molecule has 0 bridgehead atoms. The average molecular weight is 581 g/mol. The van der Waals surface area contributed by atoms with Crippen molar-refractivity contribution in [2.45, 2.75) is 62.8 Å². The van der Waals surface area contributed by atoms with Gasteiger partial charge in [0.05, 0.1) is 34.9 Å². The van der Waals surface area contributed by atoms with E-state index in [1.54, 1.807) is 24.3 Å². The van der Waals surface area contributed by atoms with Gasteiger partial charge >= 0.3 is 6.18 Å². The Balaban J connectivity index is 1.60. The molecule has 3 atom stereocenters. The van der Waals surface area contributed by atoms with E-state index in [1.165, 1.54) is 23.8 Å². The summed E-state index contributed by atoms with van der Waals surface area (Å²) < 4.78 is 67.5. The Morgan fingerprint density at radius 3 is 2.39 bits per heavy atom. The van der Waals surface area contributed by atoms with Crippen molar-refractivity contribution in [1.82, 2.24) is 20.8 Å². The molecular weight excluding hydrogens is 551 g/mol. The number of hydrogen-bond donors (Lipinski definition) is 4. The minimum Gasteiger partial charge on any atom is -0.391 e. The van der Waals surface area contributed by atoms with E-state index in [0.717, 1.165) is 12.1 Å². The summed E-state index contributed by atoms with van der Waals surface area (Å²) in [6.45, 7) is 0.